The fourth-order valence-corrected chi connectivity index (χ4v) is 4.82. The van der Waals surface area contributed by atoms with Gasteiger partial charge in [0, 0.05) is 38.8 Å². The minimum absolute atomic E-state index is 0.214. The van der Waals surface area contributed by atoms with Gasteiger partial charge in [0.1, 0.15) is 23.3 Å². The van der Waals surface area contributed by atoms with Crippen LogP contribution in [0.4, 0.5) is 13.2 Å². The second kappa shape index (κ2) is 10.5. The fourth-order valence-electron chi connectivity index (χ4n) is 4.00. The molecule has 12 heteroatoms. The van der Waals surface area contributed by atoms with Gasteiger partial charge in [0.2, 0.25) is 10.0 Å². The number of alkyl halides is 3. The highest BCUT2D eigenvalue weighted by atomic mass is 32.2. The molecule has 0 saturated carbocycles. The lowest BCUT2D eigenvalue weighted by molar-refractivity contribution is -0.274. The molecule has 0 N–H and O–H groups in total. The average Bonchev–Trinajstić information content (AvgIpc) is 2.81. The van der Waals surface area contributed by atoms with E-state index >= 15 is 0 Å². The van der Waals surface area contributed by atoms with E-state index in [1.54, 1.807) is 18.2 Å². The maximum absolute atomic E-state index is 12.9. The van der Waals surface area contributed by atoms with Crippen LogP contribution in [0.3, 0.4) is 0 Å². The Hall–Kier alpha value is -3.09. The first kappa shape index (κ1) is 26.0. The highest BCUT2D eigenvalue weighted by molar-refractivity contribution is 7.88. The van der Waals surface area contributed by atoms with E-state index < -0.39 is 16.4 Å². The molecular weight excluding hydrogens is 501 g/mol. The van der Waals surface area contributed by atoms with E-state index in [9.17, 15) is 26.4 Å². The van der Waals surface area contributed by atoms with Gasteiger partial charge in [-0.15, -0.1) is 13.2 Å². The van der Waals surface area contributed by atoms with Crippen molar-refractivity contribution in [2.24, 2.45) is 0 Å². The Kier molecular flexibility index (Phi) is 7.57. The van der Waals surface area contributed by atoms with E-state index in [-0.39, 0.29) is 16.7 Å². The summed E-state index contributed by atoms with van der Waals surface area (Å²) in [6.07, 6.45) is -1.56. The smallest absolute Gasteiger partial charge is 0.493 e. The number of benzene rings is 2. The molecule has 8 nitrogen and oxygen atoms in total. The molecule has 194 valence electrons. The zero-order chi connectivity index (χ0) is 25.9. The minimum atomic E-state index is -4.79. The summed E-state index contributed by atoms with van der Waals surface area (Å²) in [5.74, 6) is 0.156. The average molecular weight is 527 g/mol. The predicted octanol–water partition coefficient (Wildman–Crippen LogP) is 3.70. The molecule has 1 aliphatic rings. The van der Waals surface area contributed by atoms with Crippen LogP contribution in [0.15, 0.2) is 57.9 Å². The van der Waals surface area contributed by atoms with Crippen LogP contribution in [0, 0.1) is 0 Å². The standard InChI is InChI=1S/C24H25F3N2O6S/c1-36(31,32)29-12-10-28(11-13-29)9-2-14-33-19-7-8-20-22(15-19)34-16-21(23(20)30)17-3-5-18(6-4-17)35-24(25,26)27/h3-8,15-16H,2,9-14H2,1H3. The summed E-state index contributed by atoms with van der Waals surface area (Å²) in [6, 6.07) is 9.85. The molecule has 0 radical (unpaired) electrons. The lowest BCUT2D eigenvalue weighted by atomic mass is 10.1. The number of nitrogens with zero attached hydrogens (tertiary/aromatic N) is 2. The summed E-state index contributed by atoms with van der Waals surface area (Å²) in [7, 11) is -3.15. The van der Waals surface area contributed by atoms with Gasteiger partial charge in [0.15, 0.2) is 5.43 Å². The monoisotopic (exact) mass is 526 g/mol. The number of hydrogen-bond acceptors (Lipinski definition) is 7. The van der Waals surface area contributed by atoms with Crippen LogP contribution >= 0.6 is 0 Å². The van der Waals surface area contributed by atoms with Crippen LogP contribution in [0.1, 0.15) is 6.42 Å². The third-order valence-electron chi connectivity index (χ3n) is 5.83. The van der Waals surface area contributed by atoms with Crippen molar-refractivity contribution in [1.29, 1.82) is 0 Å². The predicted molar refractivity (Wildman–Crippen MR) is 128 cm³/mol. The minimum Gasteiger partial charge on any atom is -0.493 e. The molecular formula is C24H25F3N2O6S. The Bertz CT molecular complexity index is 1370. The highest BCUT2D eigenvalue weighted by Gasteiger charge is 2.31. The van der Waals surface area contributed by atoms with E-state index in [4.69, 9.17) is 9.15 Å². The van der Waals surface area contributed by atoms with Gasteiger partial charge < -0.3 is 18.8 Å². The third kappa shape index (κ3) is 6.56. The molecule has 1 fully saturated rings. The molecule has 1 aromatic heterocycles. The van der Waals surface area contributed by atoms with E-state index in [0.717, 1.165) is 25.1 Å². The van der Waals surface area contributed by atoms with Crippen LogP contribution in [-0.2, 0) is 10.0 Å². The Morgan fingerprint density at radius 2 is 1.67 bits per heavy atom. The number of ether oxygens (including phenoxy) is 2. The van der Waals surface area contributed by atoms with Gasteiger partial charge >= 0.3 is 6.36 Å². The van der Waals surface area contributed by atoms with E-state index in [0.29, 0.717) is 55.1 Å². The highest BCUT2D eigenvalue weighted by Crippen LogP contribution is 2.27. The van der Waals surface area contributed by atoms with Crippen molar-refractivity contribution < 1.29 is 35.5 Å². The van der Waals surface area contributed by atoms with E-state index in [1.165, 1.54) is 29.0 Å². The van der Waals surface area contributed by atoms with Gasteiger partial charge in [0.25, 0.3) is 0 Å². The first-order chi connectivity index (χ1) is 17.0. The first-order valence-corrected chi connectivity index (χ1v) is 13.1. The molecule has 3 aromatic rings. The normalized spacial score (nSPS) is 15.8. The van der Waals surface area contributed by atoms with Gasteiger partial charge in [0.05, 0.1) is 23.8 Å². The molecule has 4 rings (SSSR count). The molecule has 0 spiro atoms. The molecule has 0 bridgehead atoms. The molecule has 0 aliphatic carbocycles. The van der Waals surface area contributed by atoms with Crippen molar-refractivity contribution in [3.05, 3.63) is 59.0 Å². The van der Waals surface area contributed by atoms with Crippen LogP contribution in [0.25, 0.3) is 22.1 Å². The molecule has 1 aliphatic heterocycles. The number of rotatable bonds is 8. The number of fused-ring (bicyclic) bond motifs is 1. The number of hydrogen-bond donors (Lipinski definition) is 0. The van der Waals surface area contributed by atoms with E-state index in [1.807, 2.05) is 0 Å². The van der Waals surface area contributed by atoms with Crippen LogP contribution in [-0.4, -0.2) is 69.6 Å². The SMILES string of the molecule is CS(=O)(=O)N1CCN(CCCOc2ccc3c(=O)c(-c4ccc(OC(F)(F)F)cc4)coc3c2)CC1. The van der Waals surface area contributed by atoms with Crippen molar-refractivity contribution >= 4 is 21.0 Å². The van der Waals surface area contributed by atoms with E-state index in [2.05, 4.69) is 9.64 Å². The van der Waals surface area contributed by atoms with Gasteiger partial charge in [-0.25, -0.2) is 8.42 Å². The fraction of sp³-hybridized carbons (Fsp3) is 0.375. The van der Waals surface area contributed by atoms with Gasteiger partial charge in [-0.2, -0.15) is 4.31 Å². The second-order valence-corrected chi connectivity index (χ2v) is 10.4. The van der Waals surface area contributed by atoms with Gasteiger partial charge in [-0.3, -0.25) is 4.79 Å². The van der Waals surface area contributed by atoms with Crippen molar-refractivity contribution in [3.8, 4) is 22.6 Å². The van der Waals surface area contributed by atoms with Crippen molar-refractivity contribution in [3.63, 3.8) is 0 Å². The Morgan fingerprint density at radius 1 is 1.00 bits per heavy atom. The zero-order valence-electron chi connectivity index (χ0n) is 19.5. The summed E-state index contributed by atoms with van der Waals surface area (Å²) in [5, 5.41) is 0.319. The lowest BCUT2D eigenvalue weighted by Gasteiger charge is -2.33. The summed E-state index contributed by atoms with van der Waals surface area (Å²) in [6.45, 7) is 3.53. The molecule has 2 aromatic carbocycles. The van der Waals surface area contributed by atoms with Crippen molar-refractivity contribution in [1.82, 2.24) is 9.21 Å². The Balaban J connectivity index is 1.34. The van der Waals surface area contributed by atoms with Gasteiger partial charge in [-0.05, 0) is 36.2 Å². The largest absolute Gasteiger partial charge is 0.573 e. The van der Waals surface area contributed by atoms with Crippen LogP contribution in [0.5, 0.6) is 11.5 Å². The molecule has 1 saturated heterocycles. The maximum Gasteiger partial charge on any atom is 0.573 e. The third-order valence-corrected chi connectivity index (χ3v) is 7.14. The number of halogens is 3. The van der Waals surface area contributed by atoms with Crippen LogP contribution < -0.4 is 14.9 Å². The summed E-state index contributed by atoms with van der Waals surface area (Å²) in [4.78, 5) is 15.1. The molecule has 0 unspecified atom stereocenters. The maximum atomic E-state index is 12.9. The summed E-state index contributed by atoms with van der Waals surface area (Å²) < 4.78 is 77.0. The summed E-state index contributed by atoms with van der Waals surface area (Å²) in [5.41, 5.74) is 0.624. The van der Waals surface area contributed by atoms with Crippen molar-refractivity contribution in [2.75, 3.05) is 45.6 Å². The number of piperazine rings is 1. The molecule has 0 atom stereocenters. The number of sulfonamides is 1. The van der Waals surface area contributed by atoms with Gasteiger partial charge in [-0.1, -0.05) is 12.1 Å². The molecule has 2 heterocycles. The zero-order valence-corrected chi connectivity index (χ0v) is 20.3. The molecule has 0 amide bonds. The second-order valence-electron chi connectivity index (χ2n) is 8.41. The lowest BCUT2D eigenvalue weighted by Crippen LogP contribution is -2.48. The van der Waals surface area contributed by atoms with Crippen molar-refractivity contribution in [2.45, 2.75) is 12.8 Å². The topological polar surface area (TPSA) is 89.3 Å². The first-order valence-electron chi connectivity index (χ1n) is 11.2. The summed E-state index contributed by atoms with van der Waals surface area (Å²) >= 11 is 0. The quantitative estimate of drug-likeness (QED) is 0.414. The Morgan fingerprint density at radius 3 is 2.31 bits per heavy atom. The van der Waals surface area contributed by atoms with Crippen LogP contribution in [0.2, 0.25) is 0 Å². The Labute approximate surface area is 205 Å². The molecule has 36 heavy (non-hydrogen) atoms.